The quantitative estimate of drug-likeness (QED) is 0.803. The Labute approximate surface area is 116 Å². The van der Waals surface area contributed by atoms with Gasteiger partial charge < -0.3 is 14.7 Å². The number of carbonyl (C=O) groups is 1. The molecule has 0 bridgehead atoms. The van der Waals surface area contributed by atoms with E-state index >= 15 is 0 Å². The van der Waals surface area contributed by atoms with Gasteiger partial charge in [-0.15, -0.1) is 5.10 Å². The highest BCUT2D eigenvalue weighted by molar-refractivity contribution is 5.92. The van der Waals surface area contributed by atoms with Crippen molar-refractivity contribution in [1.82, 2.24) is 19.9 Å². The zero-order valence-electron chi connectivity index (χ0n) is 11.6. The lowest BCUT2D eigenvalue weighted by Crippen LogP contribution is -2.27. The van der Waals surface area contributed by atoms with Crippen molar-refractivity contribution in [2.75, 3.05) is 33.9 Å². The number of nitrogens with zero attached hydrogens (tertiary/aromatic N) is 4. The number of carboxylic acids is 1. The predicted molar refractivity (Wildman–Crippen MR) is 73.9 cm³/mol. The van der Waals surface area contributed by atoms with Crippen LogP contribution in [0.1, 0.15) is 10.4 Å². The Morgan fingerprint density at radius 1 is 1.45 bits per heavy atom. The molecule has 1 heterocycles. The summed E-state index contributed by atoms with van der Waals surface area (Å²) in [4.78, 5) is 13.1. The van der Waals surface area contributed by atoms with E-state index in [2.05, 4.69) is 15.2 Å². The van der Waals surface area contributed by atoms with Gasteiger partial charge in [0.1, 0.15) is 5.52 Å². The van der Waals surface area contributed by atoms with Crippen molar-refractivity contribution < 1.29 is 14.6 Å². The third-order valence-electron chi connectivity index (χ3n) is 3.13. The van der Waals surface area contributed by atoms with Gasteiger partial charge >= 0.3 is 5.97 Å². The molecule has 0 atom stereocenters. The summed E-state index contributed by atoms with van der Waals surface area (Å²) in [7, 11) is 3.67. The van der Waals surface area contributed by atoms with Crippen LogP contribution in [-0.2, 0) is 11.3 Å². The molecule has 0 radical (unpaired) electrons. The van der Waals surface area contributed by atoms with Crippen LogP contribution in [0.25, 0.3) is 11.0 Å². The number of rotatable bonds is 7. The summed E-state index contributed by atoms with van der Waals surface area (Å²) in [6.45, 7) is 2.96. The zero-order valence-corrected chi connectivity index (χ0v) is 11.6. The number of hydrogen-bond donors (Lipinski definition) is 1. The number of likely N-dealkylation sites (N-methyl/N-ethyl adjacent to an activating group) is 1. The van der Waals surface area contributed by atoms with Crippen LogP contribution in [0.2, 0.25) is 0 Å². The van der Waals surface area contributed by atoms with Gasteiger partial charge in [-0.1, -0.05) is 5.21 Å². The standard InChI is InChI=1S/C13H18N4O3/c1-16(7-8-20-2)5-6-17-12-9-10(13(18)19)3-4-11(12)14-15-17/h3-4,9H,5-8H2,1-2H3,(H,18,19). The van der Waals surface area contributed by atoms with Crippen molar-refractivity contribution in [2.24, 2.45) is 0 Å². The van der Waals surface area contributed by atoms with Crippen LogP contribution >= 0.6 is 0 Å². The number of carboxylic acid groups (broad SMARTS) is 1. The van der Waals surface area contributed by atoms with Gasteiger partial charge in [0.05, 0.1) is 24.2 Å². The van der Waals surface area contributed by atoms with Crippen molar-refractivity contribution in [1.29, 1.82) is 0 Å². The maximum atomic E-state index is 11.0. The summed E-state index contributed by atoms with van der Waals surface area (Å²) in [5, 5.41) is 17.1. The summed E-state index contributed by atoms with van der Waals surface area (Å²) < 4.78 is 6.75. The summed E-state index contributed by atoms with van der Waals surface area (Å²) in [5.74, 6) is -0.947. The molecular formula is C13H18N4O3. The first kappa shape index (κ1) is 14.4. The third kappa shape index (κ3) is 3.31. The Morgan fingerprint density at radius 2 is 2.25 bits per heavy atom. The van der Waals surface area contributed by atoms with E-state index in [0.717, 1.165) is 18.6 Å². The first-order chi connectivity index (χ1) is 9.61. The number of hydrogen-bond acceptors (Lipinski definition) is 5. The number of fused-ring (bicyclic) bond motifs is 1. The van der Waals surface area contributed by atoms with Gasteiger partial charge in [0, 0.05) is 20.2 Å². The van der Waals surface area contributed by atoms with Crippen LogP contribution < -0.4 is 0 Å². The monoisotopic (exact) mass is 278 g/mol. The minimum absolute atomic E-state index is 0.244. The molecule has 1 N–H and O–H groups in total. The molecule has 108 valence electrons. The highest BCUT2D eigenvalue weighted by atomic mass is 16.5. The Bertz CT molecular complexity index is 596. The van der Waals surface area contributed by atoms with Crippen molar-refractivity contribution in [3.63, 3.8) is 0 Å². The molecule has 1 aromatic heterocycles. The molecule has 0 aliphatic carbocycles. The molecule has 20 heavy (non-hydrogen) atoms. The molecule has 2 rings (SSSR count). The summed E-state index contributed by atoms with van der Waals surface area (Å²) in [5.41, 5.74) is 1.69. The molecule has 0 fully saturated rings. The van der Waals surface area contributed by atoms with E-state index in [1.807, 2.05) is 7.05 Å². The maximum Gasteiger partial charge on any atom is 0.335 e. The van der Waals surface area contributed by atoms with Crippen molar-refractivity contribution in [3.05, 3.63) is 23.8 Å². The summed E-state index contributed by atoms with van der Waals surface area (Å²) in [6.07, 6.45) is 0. The van der Waals surface area contributed by atoms with Gasteiger partial charge in [0.25, 0.3) is 0 Å². The average molecular weight is 278 g/mol. The van der Waals surface area contributed by atoms with E-state index in [1.54, 1.807) is 23.9 Å². The van der Waals surface area contributed by atoms with Crippen LogP contribution in [0, 0.1) is 0 Å². The lowest BCUT2D eigenvalue weighted by Gasteiger charge is -2.15. The fraction of sp³-hybridized carbons (Fsp3) is 0.462. The summed E-state index contributed by atoms with van der Waals surface area (Å²) in [6, 6.07) is 4.82. The minimum atomic E-state index is -0.947. The molecule has 0 unspecified atom stereocenters. The Hall–Kier alpha value is -1.99. The minimum Gasteiger partial charge on any atom is -0.478 e. The average Bonchev–Trinajstić information content (AvgIpc) is 2.85. The lowest BCUT2D eigenvalue weighted by molar-refractivity contribution is 0.0697. The van der Waals surface area contributed by atoms with E-state index in [0.29, 0.717) is 18.7 Å². The normalized spacial score (nSPS) is 11.3. The van der Waals surface area contributed by atoms with Crippen LogP contribution in [0.15, 0.2) is 18.2 Å². The largest absolute Gasteiger partial charge is 0.478 e. The van der Waals surface area contributed by atoms with Gasteiger partial charge in [-0.3, -0.25) is 0 Å². The molecule has 2 aromatic rings. The first-order valence-electron chi connectivity index (χ1n) is 6.36. The van der Waals surface area contributed by atoms with Crippen molar-refractivity contribution in [3.8, 4) is 0 Å². The number of ether oxygens (including phenoxy) is 1. The molecule has 0 spiro atoms. The number of benzene rings is 1. The number of aromatic carboxylic acids is 1. The van der Waals surface area contributed by atoms with Crippen LogP contribution in [0.4, 0.5) is 0 Å². The highest BCUT2D eigenvalue weighted by Gasteiger charge is 2.09. The molecule has 7 heteroatoms. The second-order valence-electron chi connectivity index (χ2n) is 4.62. The second kappa shape index (κ2) is 6.44. The molecule has 0 aliphatic heterocycles. The molecule has 7 nitrogen and oxygen atoms in total. The Kier molecular flexibility index (Phi) is 4.65. The van der Waals surface area contributed by atoms with E-state index in [9.17, 15) is 4.79 Å². The van der Waals surface area contributed by atoms with Crippen LogP contribution in [0.3, 0.4) is 0 Å². The SMILES string of the molecule is COCCN(C)CCn1nnc2ccc(C(=O)O)cc21. The number of aromatic nitrogens is 3. The summed E-state index contributed by atoms with van der Waals surface area (Å²) >= 11 is 0. The maximum absolute atomic E-state index is 11.0. The third-order valence-corrected chi connectivity index (χ3v) is 3.13. The van der Waals surface area contributed by atoms with Crippen LogP contribution in [-0.4, -0.2) is 64.8 Å². The van der Waals surface area contributed by atoms with Crippen molar-refractivity contribution >= 4 is 17.0 Å². The molecule has 0 saturated heterocycles. The molecule has 0 saturated carbocycles. The Balaban J connectivity index is 2.10. The topological polar surface area (TPSA) is 80.5 Å². The number of methoxy groups -OCH3 is 1. The first-order valence-corrected chi connectivity index (χ1v) is 6.36. The van der Waals surface area contributed by atoms with Gasteiger partial charge in [-0.2, -0.15) is 0 Å². The van der Waals surface area contributed by atoms with Gasteiger partial charge in [0.2, 0.25) is 0 Å². The molecule has 0 amide bonds. The lowest BCUT2D eigenvalue weighted by atomic mass is 10.2. The molecule has 1 aromatic carbocycles. The smallest absolute Gasteiger partial charge is 0.335 e. The fourth-order valence-corrected chi connectivity index (χ4v) is 1.89. The predicted octanol–water partition coefficient (Wildman–Crippen LogP) is 0.708. The van der Waals surface area contributed by atoms with Gasteiger partial charge in [0.15, 0.2) is 0 Å². The molecule has 0 aliphatic rings. The van der Waals surface area contributed by atoms with Crippen LogP contribution in [0.5, 0.6) is 0 Å². The molecular weight excluding hydrogens is 260 g/mol. The van der Waals surface area contributed by atoms with E-state index in [-0.39, 0.29) is 5.56 Å². The zero-order chi connectivity index (χ0) is 14.5. The Morgan fingerprint density at radius 3 is 2.95 bits per heavy atom. The van der Waals surface area contributed by atoms with Gasteiger partial charge in [-0.05, 0) is 25.2 Å². The van der Waals surface area contributed by atoms with Gasteiger partial charge in [-0.25, -0.2) is 9.48 Å². The van der Waals surface area contributed by atoms with E-state index in [4.69, 9.17) is 9.84 Å². The van der Waals surface area contributed by atoms with E-state index in [1.165, 1.54) is 6.07 Å². The van der Waals surface area contributed by atoms with E-state index < -0.39 is 5.97 Å². The highest BCUT2D eigenvalue weighted by Crippen LogP contribution is 2.13. The second-order valence-corrected chi connectivity index (χ2v) is 4.62. The van der Waals surface area contributed by atoms with Crippen molar-refractivity contribution in [2.45, 2.75) is 6.54 Å². The fourth-order valence-electron chi connectivity index (χ4n) is 1.89.